The van der Waals surface area contributed by atoms with Gasteiger partial charge in [-0.15, -0.1) is 0 Å². The monoisotopic (exact) mass is 1140 g/mol. The van der Waals surface area contributed by atoms with Crippen molar-refractivity contribution in [3.05, 3.63) is 41.2 Å². The number of hydrogen-bond acceptors (Lipinski definition) is 18. The number of rotatable bonds is 36. The summed E-state index contributed by atoms with van der Waals surface area (Å²) in [5, 5.41) is 53.4. The van der Waals surface area contributed by atoms with Gasteiger partial charge in [-0.3, -0.25) is 39.2 Å². The van der Waals surface area contributed by atoms with Crippen molar-refractivity contribution in [2.24, 2.45) is 0 Å². The van der Waals surface area contributed by atoms with Gasteiger partial charge in [-0.25, -0.2) is 19.3 Å². The summed E-state index contributed by atoms with van der Waals surface area (Å²) in [6.07, 6.45) is 10.7. The van der Waals surface area contributed by atoms with E-state index in [9.17, 15) is 44.1 Å². The number of urea groups is 1. The van der Waals surface area contributed by atoms with Crippen molar-refractivity contribution >= 4 is 47.7 Å². The Bertz CT molecular complexity index is 2190. The number of likely N-dealkylation sites (N-methyl/N-ethyl adjacent to an activating group) is 2. The van der Waals surface area contributed by atoms with Gasteiger partial charge in [-0.1, -0.05) is 76.6 Å². The fourth-order valence-electron chi connectivity index (χ4n) is 10.2. The van der Waals surface area contributed by atoms with Gasteiger partial charge < -0.3 is 51.1 Å². The SMILES string of the molecule is CCN1CCN(CC(=O)O)CCN(CCOO)CCN(CC)C(Cc2ccc(Cc3nc(N(C)C)nc(N4CCN(CCCCCCCCCCC(=O)NCCCC[C@H](NC(=O)N[C@@H](CCC(=O)O)C(=O)O)C(=O)O)CC4)n3)cc2)C1. The predicted molar refractivity (Wildman–Crippen MR) is 308 cm³/mol. The molecule has 25 nitrogen and oxygen atoms in total. The highest BCUT2D eigenvalue weighted by molar-refractivity contribution is 5.86. The van der Waals surface area contributed by atoms with Crippen molar-refractivity contribution in [1.29, 1.82) is 0 Å². The molecule has 3 heterocycles. The van der Waals surface area contributed by atoms with Crippen molar-refractivity contribution < 1.29 is 59.3 Å². The smallest absolute Gasteiger partial charge is 0.326 e. The van der Waals surface area contributed by atoms with E-state index in [1.54, 1.807) is 0 Å². The van der Waals surface area contributed by atoms with Gasteiger partial charge in [0.2, 0.25) is 17.8 Å². The molecule has 0 aliphatic carbocycles. The molecule has 8 N–H and O–H groups in total. The minimum atomic E-state index is -1.47. The molecule has 456 valence electrons. The molecule has 0 bridgehead atoms. The Kier molecular flexibility index (Phi) is 31.8. The van der Waals surface area contributed by atoms with Gasteiger partial charge in [0.15, 0.2) is 0 Å². The van der Waals surface area contributed by atoms with Gasteiger partial charge in [0.1, 0.15) is 17.9 Å². The van der Waals surface area contributed by atoms with Crippen LogP contribution in [0.15, 0.2) is 24.3 Å². The number of aromatic nitrogens is 3. The lowest BCUT2D eigenvalue weighted by Crippen LogP contribution is -2.51. The predicted octanol–water partition coefficient (Wildman–Crippen LogP) is 3.26. The molecule has 0 saturated carbocycles. The summed E-state index contributed by atoms with van der Waals surface area (Å²) in [6.45, 7) is 17.2. The molecule has 1 aromatic carbocycles. The van der Waals surface area contributed by atoms with Crippen LogP contribution in [0.4, 0.5) is 16.7 Å². The minimum absolute atomic E-state index is 0.00253. The molecule has 2 fully saturated rings. The second-order valence-corrected chi connectivity index (χ2v) is 21.5. The number of benzene rings is 1. The Hall–Kier alpha value is -5.83. The molecular formula is C56H95N13O12. The highest BCUT2D eigenvalue weighted by Gasteiger charge is 2.27. The fourth-order valence-corrected chi connectivity index (χ4v) is 10.2. The quantitative estimate of drug-likeness (QED) is 0.0276. The molecule has 25 heteroatoms. The van der Waals surface area contributed by atoms with Crippen LogP contribution in [0.3, 0.4) is 0 Å². The standard InChI is InChI=1S/C56H95N13O12/c1-5-64-27-29-67(42-51(73)74)30-28-66(37-38-81-80)31-34-68(6-2)45(41-64)39-43-19-21-44(22-20-43)40-48-60-54(63(3)4)62-55(61-48)69-35-32-65(33-36-69)26-16-12-10-8-7-9-11-13-18-49(70)57-25-15-14-17-46(52(75)76)58-56(79)59-47(53(77)78)23-24-50(71)72/h19-22,45-47,80H,5-18,23-42H2,1-4H3,(H,57,70)(H,71,72)(H,73,74)(H,75,76)(H,77,78)(H2,58,59,79)/t45?,46-,47-/m0/s1. The second-order valence-electron chi connectivity index (χ2n) is 21.5. The van der Waals surface area contributed by atoms with Crippen LogP contribution in [0.1, 0.15) is 121 Å². The number of piperazine rings is 1. The van der Waals surface area contributed by atoms with Gasteiger partial charge in [-0.2, -0.15) is 15.0 Å². The number of nitrogens with zero attached hydrogens (tertiary/aromatic N) is 10. The number of carboxylic acid groups (broad SMARTS) is 4. The Labute approximate surface area is 478 Å². The topological polar surface area (TPSA) is 310 Å². The third kappa shape index (κ3) is 27.2. The van der Waals surface area contributed by atoms with E-state index in [1.807, 2.05) is 23.9 Å². The first-order valence-corrected chi connectivity index (χ1v) is 29.3. The van der Waals surface area contributed by atoms with E-state index >= 15 is 0 Å². The third-order valence-corrected chi connectivity index (χ3v) is 15.2. The first-order valence-electron chi connectivity index (χ1n) is 29.3. The molecule has 3 amide bonds. The summed E-state index contributed by atoms with van der Waals surface area (Å²) in [6, 6.07) is 5.32. The van der Waals surface area contributed by atoms with E-state index < -0.39 is 48.4 Å². The highest BCUT2D eigenvalue weighted by atomic mass is 17.1. The summed E-state index contributed by atoms with van der Waals surface area (Å²) >= 11 is 0. The second kappa shape index (κ2) is 38.0. The van der Waals surface area contributed by atoms with Crippen molar-refractivity contribution in [3.8, 4) is 0 Å². The average Bonchev–Trinajstić information content (AvgIpc) is 3.52. The van der Waals surface area contributed by atoms with Crippen molar-refractivity contribution in [2.45, 2.75) is 135 Å². The zero-order chi connectivity index (χ0) is 58.9. The van der Waals surface area contributed by atoms with Crippen LogP contribution in [-0.2, 0) is 41.7 Å². The van der Waals surface area contributed by atoms with Crippen LogP contribution in [-0.4, -0.2) is 251 Å². The van der Waals surface area contributed by atoms with Crippen molar-refractivity contribution in [3.63, 3.8) is 0 Å². The number of hydrogen-bond donors (Lipinski definition) is 8. The summed E-state index contributed by atoms with van der Waals surface area (Å²) in [7, 11) is 3.91. The fraction of sp³-hybridized carbons (Fsp3) is 0.732. The van der Waals surface area contributed by atoms with E-state index in [1.165, 1.54) is 18.4 Å². The molecule has 2 aromatic rings. The van der Waals surface area contributed by atoms with Crippen LogP contribution < -0.4 is 25.8 Å². The molecule has 1 aromatic heterocycles. The van der Waals surface area contributed by atoms with Crippen LogP contribution in [0.2, 0.25) is 0 Å². The maximum atomic E-state index is 12.4. The molecule has 4 rings (SSSR count). The zero-order valence-electron chi connectivity index (χ0n) is 48.6. The third-order valence-electron chi connectivity index (χ3n) is 15.2. The number of anilines is 2. The van der Waals surface area contributed by atoms with E-state index in [0.717, 1.165) is 128 Å². The van der Waals surface area contributed by atoms with Crippen LogP contribution in [0, 0.1) is 0 Å². The maximum Gasteiger partial charge on any atom is 0.326 e. The molecule has 2 aliphatic rings. The molecular weight excluding hydrogens is 1050 g/mol. The number of carboxylic acids is 4. The van der Waals surface area contributed by atoms with Gasteiger partial charge in [0.25, 0.3) is 0 Å². The first kappa shape index (κ1) is 67.7. The summed E-state index contributed by atoms with van der Waals surface area (Å²) in [5.41, 5.74) is 2.38. The Balaban J connectivity index is 1.13. The van der Waals surface area contributed by atoms with Crippen LogP contribution >= 0.6 is 0 Å². The molecule has 3 atom stereocenters. The van der Waals surface area contributed by atoms with Crippen LogP contribution in [0.25, 0.3) is 0 Å². The first-order chi connectivity index (χ1) is 39.0. The van der Waals surface area contributed by atoms with Crippen LogP contribution in [0.5, 0.6) is 0 Å². The number of amides is 3. The van der Waals surface area contributed by atoms with Crippen molar-refractivity contribution in [1.82, 2.24) is 55.4 Å². The molecule has 81 heavy (non-hydrogen) atoms. The molecule has 2 aliphatic heterocycles. The van der Waals surface area contributed by atoms with Crippen molar-refractivity contribution in [2.75, 3.05) is 142 Å². The zero-order valence-corrected chi connectivity index (χ0v) is 48.6. The lowest BCUT2D eigenvalue weighted by molar-refractivity contribution is -0.244. The van der Waals surface area contributed by atoms with E-state index in [4.69, 9.17) is 25.3 Å². The number of carbonyl (C=O) groups is 6. The average molecular weight is 1140 g/mol. The Morgan fingerprint density at radius 2 is 1.21 bits per heavy atom. The normalized spacial score (nSPS) is 17.3. The summed E-state index contributed by atoms with van der Waals surface area (Å²) in [5.74, 6) is -2.73. The van der Waals surface area contributed by atoms with E-state index in [-0.39, 0.29) is 37.9 Å². The lowest BCUT2D eigenvalue weighted by Gasteiger charge is -2.38. The number of aliphatic carboxylic acids is 4. The molecule has 1 unspecified atom stereocenters. The molecule has 0 radical (unpaired) electrons. The Morgan fingerprint density at radius 1 is 0.630 bits per heavy atom. The largest absolute Gasteiger partial charge is 0.481 e. The number of nitrogens with one attached hydrogen (secondary N) is 3. The summed E-state index contributed by atoms with van der Waals surface area (Å²) < 4.78 is 0. The van der Waals surface area contributed by atoms with Gasteiger partial charge >= 0.3 is 29.9 Å². The van der Waals surface area contributed by atoms with Gasteiger partial charge in [0.05, 0.1) is 13.2 Å². The minimum Gasteiger partial charge on any atom is -0.481 e. The lowest BCUT2D eigenvalue weighted by atomic mass is 10.0. The van der Waals surface area contributed by atoms with E-state index in [0.29, 0.717) is 70.3 Å². The number of unbranched alkanes of at least 4 members (excludes halogenated alkanes) is 8. The van der Waals surface area contributed by atoms with Gasteiger partial charge in [-0.05, 0) is 75.7 Å². The maximum absolute atomic E-state index is 12.4. The molecule has 0 spiro atoms. The van der Waals surface area contributed by atoms with E-state index in [2.05, 4.69) is 83.5 Å². The highest BCUT2D eigenvalue weighted by Crippen LogP contribution is 2.20. The molecule has 2 saturated heterocycles. The van der Waals surface area contributed by atoms with Gasteiger partial charge in [0, 0.05) is 124 Å². The number of carbonyl (C=O) groups excluding carboxylic acids is 2. The summed E-state index contributed by atoms with van der Waals surface area (Å²) in [4.78, 5) is 105. The Morgan fingerprint density at radius 3 is 1.81 bits per heavy atom.